The summed E-state index contributed by atoms with van der Waals surface area (Å²) in [7, 11) is 0. The van der Waals surface area contributed by atoms with Crippen molar-refractivity contribution in [2.24, 2.45) is 5.73 Å². The van der Waals surface area contributed by atoms with E-state index in [1.807, 2.05) is 4.68 Å². The fraction of sp³-hybridized carbons (Fsp3) is 0.500. The summed E-state index contributed by atoms with van der Waals surface area (Å²) in [6.45, 7) is 6.56. The fourth-order valence-electron chi connectivity index (χ4n) is 3.33. The van der Waals surface area contributed by atoms with Gasteiger partial charge in [-0.1, -0.05) is 25.5 Å². The van der Waals surface area contributed by atoms with E-state index in [-0.39, 0.29) is 11.7 Å². The van der Waals surface area contributed by atoms with E-state index < -0.39 is 6.04 Å². The van der Waals surface area contributed by atoms with Crippen LogP contribution in [0, 0.1) is 0 Å². The van der Waals surface area contributed by atoms with Crippen LogP contribution in [-0.2, 0) is 30.8 Å². The number of hydrogen-bond donors (Lipinski definition) is 3. The molecule has 0 aliphatic carbocycles. The van der Waals surface area contributed by atoms with Crippen LogP contribution >= 0.6 is 0 Å². The second kappa shape index (κ2) is 9.01. The molecule has 4 N–H and O–H groups in total. The van der Waals surface area contributed by atoms with Crippen LogP contribution in [0.5, 0.6) is 5.75 Å². The van der Waals surface area contributed by atoms with Crippen molar-refractivity contribution < 1.29 is 9.90 Å². The van der Waals surface area contributed by atoms with Gasteiger partial charge in [0.1, 0.15) is 5.75 Å². The lowest BCUT2D eigenvalue weighted by Crippen LogP contribution is -2.41. The minimum Gasteiger partial charge on any atom is -0.508 e. The van der Waals surface area contributed by atoms with Gasteiger partial charge in [-0.15, -0.1) is 0 Å². The maximum Gasteiger partial charge on any atom is 0.237 e. The number of benzene rings is 1. The molecule has 0 unspecified atom stereocenters. The molecule has 3 rings (SSSR count). The summed E-state index contributed by atoms with van der Waals surface area (Å²) >= 11 is 0. The predicted molar refractivity (Wildman–Crippen MR) is 104 cm³/mol. The topological polar surface area (TPSA) is 96.4 Å². The third kappa shape index (κ3) is 5.30. The first kappa shape index (κ1) is 19.4. The average Bonchev–Trinajstić information content (AvgIpc) is 3.08. The average molecular weight is 371 g/mol. The van der Waals surface area contributed by atoms with Gasteiger partial charge < -0.3 is 16.2 Å². The van der Waals surface area contributed by atoms with Gasteiger partial charge in [0.15, 0.2) is 0 Å². The molecular weight excluding hydrogens is 342 g/mol. The van der Waals surface area contributed by atoms with Crippen LogP contribution < -0.4 is 11.1 Å². The molecule has 7 heteroatoms. The molecule has 0 saturated carbocycles. The number of aromatic nitrogens is 2. The monoisotopic (exact) mass is 371 g/mol. The van der Waals surface area contributed by atoms with Gasteiger partial charge in [-0.3, -0.25) is 14.4 Å². The number of aromatic hydroxyl groups is 1. The highest BCUT2D eigenvalue weighted by Crippen LogP contribution is 2.14. The number of carbonyl (C=O) groups excluding carboxylic acids is 1. The first-order chi connectivity index (χ1) is 13.0. The van der Waals surface area contributed by atoms with E-state index in [2.05, 4.69) is 28.3 Å². The minimum atomic E-state index is -0.628. The Bertz CT molecular complexity index is 756. The normalized spacial score (nSPS) is 15.3. The number of hydrogen-bond acceptors (Lipinski definition) is 5. The van der Waals surface area contributed by atoms with Crippen molar-refractivity contribution in [1.29, 1.82) is 0 Å². The van der Waals surface area contributed by atoms with E-state index >= 15 is 0 Å². The lowest BCUT2D eigenvalue weighted by atomic mass is 10.1. The van der Waals surface area contributed by atoms with Gasteiger partial charge in [0, 0.05) is 13.1 Å². The number of unbranched alkanes of at least 4 members (excludes halogenated alkanes) is 1. The Morgan fingerprint density at radius 3 is 2.85 bits per heavy atom. The number of nitrogens with one attached hydrogen (secondary N) is 1. The summed E-state index contributed by atoms with van der Waals surface area (Å²) in [5, 5.41) is 16.8. The van der Waals surface area contributed by atoms with Crippen molar-refractivity contribution in [2.75, 3.05) is 13.1 Å². The molecule has 0 fully saturated rings. The highest BCUT2D eigenvalue weighted by molar-refractivity contribution is 5.81. The van der Waals surface area contributed by atoms with E-state index in [4.69, 9.17) is 5.73 Å². The van der Waals surface area contributed by atoms with Crippen molar-refractivity contribution in [3.05, 3.63) is 47.3 Å². The Kier molecular flexibility index (Phi) is 6.47. The molecule has 1 aromatic heterocycles. The van der Waals surface area contributed by atoms with Crippen LogP contribution in [-0.4, -0.2) is 44.8 Å². The van der Waals surface area contributed by atoms with Gasteiger partial charge in [0.25, 0.3) is 0 Å². The predicted octanol–water partition coefficient (Wildman–Crippen LogP) is 1.39. The summed E-state index contributed by atoms with van der Waals surface area (Å²) in [5.41, 5.74) is 9.00. The molecule has 146 valence electrons. The number of rotatable bonds is 8. The number of phenolic OH excluding ortho intramolecular Hbond substituents is 1. The maximum absolute atomic E-state index is 12.3. The molecule has 1 amide bonds. The molecule has 2 aromatic rings. The van der Waals surface area contributed by atoms with E-state index in [0.29, 0.717) is 13.0 Å². The molecule has 1 aliphatic heterocycles. The molecule has 1 aromatic carbocycles. The standard InChI is InChI=1S/C20H29N5O2/c1-2-3-8-24-9-10-25-17(14-24)12-16(23-25)13-22-20(27)19(21)11-15-4-6-18(26)7-5-15/h4-7,12,19,26H,2-3,8-11,13-14,21H2,1H3,(H,22,27)/t19-/m0/s1. The van der Waals surface area contributed by atoms with Crippen LogP contribution in [0.25, 0.3) is 0 Å². The van der Waals surface area contributed by atoms with Crippen LogP contribution in [0.2, 0.25) is 0 Å². The number of nitrogens with zero attached hydrogens (tertiary/aromatic N) is 3. The lowest BCUT2D eigenvalue weighted by molar-refractivity contribution is -0.122. The third-order valence-corrected chi connectivity index (χ3v) is 4.93. The second-order valence-electron chi connectivity index (χ2n) is 7.17. The van der Waals surface area contributed by atoms with Gasteiger partial charge in [-0.2, -0.15) is 5.10 Å². The summed E-state index contributed by atoms with van der Waals surface area (Å²) in [6, 6.07) is 8.19. The highest BCUT2D eigenvalue weighted by atomic mass is 16.3. The summed E-state index contributed by atoms with van der Waals surface area (Å²) in [5.74, 6) is 0.00685. The Balaban J connectivity index is 1.49. The Hall–Kier alpha value is -2.38. The van der Waals surface area contributed by atoms with Crippen LogP contribution in [0.15, 0.2) is 30.3 Å². The number of amides is 1. The Labute approximate surface area is 160 Å². The largest absolute Gasteiger partial charge is 0.508 e. The van der Waals surface area contributed by atoms with Crippen LogP contribution in [0.3, 0.4) is 0 Å². The summed E-state index contributed by atoms with van der Waals surface area (Å²) in [6.07, 6.45) is 2.85. The van der Waals surface area contributed by atoms with E-state index in [1.54, 1.807) is 24.3 Å². The van der Waals surface area contributed by atoms with Gasteiger partial charge in [-0.05, 0) is 43.1 Å². The number of nitrogens with two attached hydrogens (primary N) is 1. The van der Waals surface area contributed by atoms with Crippen molar-refractivity contribution >= 4 is 5.91 Å². The Morgan fingerprint density at radius 1 is 1.33 bits per heavy atom. The Morgan fingerprint density at radius 2 is 2.11 bits per heavy atom. The van der Waals surface area contributed by atoms with Gasteiger partial charge in [0.05, 0.1) is 30.5 Å². The zero-order valence-electron chi connectivity index (χ0n) is 15.9. The van der Waals surface area contributed by atoms with Crippen LogP contribution in [0.4, 0.5) is 0 Å². The smallest absolute Gasteiger partial charge is 0.237 e. The van der Waals surface area contributed by atoms with Crippen molar-refractivity contribution in [3.63, 3.8) is 0 Å². The zero-order chi connectivity index (χ0) is 19.2. The molecule has 27 heavy (non-hydrogen) atoms. The maximum atomic E-state index is 12.3. The lowest BCUT2D eigenvalue weighted by Gasteiger charge is -2.27. The van der Waals surface area contributed by atoms with E-state index in [1.165, 1.54) is 18.5 Å². The summed E-state index contributed by atoms with van der Waals surface area (Å²) < 4.78 is 2.04. The minimum absolute atomic E-state index is 0.196. The van der Waals surface area contributed by atoms with Gasteiger partial charge in [-0.25, -0.2) is 0 Å². The first-order valence-corrected chi connectivity index (χ1v) is 9.64. The second-order valence-corrected chi connectivity index (χ2v) is 7.17. The van der Waals surface area contributed by atoms with Crippen molar-refractivity contribution in [1.82, 2.24) is 20.0 Å². The molecule has 1 aliphatic rings. The van der Waals surface area contributed by atoms with Crippen molar-refractivity contribution in [2.45, 2.75) is 51.9 Å². The van der Waals surface area contributed by atoms with E-state index in [9.17, 15) is 9.90 Å². The quantitative estimate of drug-likeness (QED) is 0.652. The third-order valence-electron chi connectivity index (χ3n) is 4.93. The molecule has 0 bridgehead atoms. The molecule has 7 nitrogen and oxygen atoms in total. The number of fused-ring (bicyclic) bond motifs is 1. The molecule has 0 radical (unpaired) electrons. The molecule has 2 heterocycles. The van der Waals surface area contributed by atoms with Crippen LogP contribution in [0.1, 0.15) is 36.7 Å². The first-order valence-electron chi connectivity index (χ1n) is 9.64. The molecule has 0 saturated heterocycles. The summed E-state index contributed by atoms with van der Waals surface area (Å²) in [4.78, 5) is 14.7. The zero-order valence-corrected chi connectivity index (χ0v) is 15.9. The SMILES string of the molecule is CCCCN1CCn2nc(CNC(=O)[C@@H](N)Cc3ccc(O)cc3)cc2C1. The van der Waals surface area contributed by atoms with Gasteiger partial charge >= 0.3 is 0 Å². The molecular formula is C20H29N5O2. The molecule has 0 spiro atoms. The number of phenols is 1. The van der Waals surface area contributed by atoms with Crippen molar-refractivity contribution in [3.8, 4) is 5.75 Å². The van der Waals surface area contributed by atoms with E-state index in [0.717, 1.165) is 37.4 Å². The van der Waals surface area contributed by atoms with Gasteiger partial charge in [0.2, 0.25) is 5.91 Å². The highest BCUT2D eigenvalue weighted by Gasteiger charge is 2.19. The fourth-order valence-corrected chi connectivity index (χ4v) is 3.33. The molecule has 1 atom stereocenters. The number of carbonyl (C=O) groups is 1.